The Morgan fingerprint density at radius 1 is 1.15 bits per heavy atom. The second-order valence-corrected chi connectivity index (χ2v) is 7.16. The van der Waals surface area contributed by atoms with Crippen molar-refractivity contribution in [3.05, 3.63) is 48.5 Å². The smallest absolute Gasteiger partial charge is 0.224 e. The standard InChI is InChI=1S/C19H23N5O2/c1-14(25)24-10-16-9-22(18(26)7-8-23-13-20-12-21-23)11-17(16)19(24)15-5-3-2-4-6-15/h2-6,12-13,16-17,19H,7-11H2,1H3/t16-,17-,19+/m1/s1. The molecule has 2 aliphatic rings. The highest BCUT2D eigenvalue weighted by Gasteiger charge is 2.49. The van der Waals surface area contributed by atoms with Crippen LogP contribution in [0, 0.1) is 11.8 Å². The fourth-order valence-corrected chi connectivity index (χ4v) is 4.37. The van der Waals surface area contributed by atoms with Crippen molar-refractivity contribution in [2.24, 2.45) is 11.8 Å². The van der Waals surface area contributed by atoms with Gasteiger partial charge in [0.1, 0.15) is 12.7 Å². The first kappa shape index (κ1) is 16.8. The number of benzene rings is 1. The van der Waals surface area contributed by atoms with Gasteiger partial charge in [0.15, 0.2) is 0 Å². The van der Waals surface area contributed by atoms with Crippen LogP contribution in [-0.2, 0) is 16.1 Å². The van der Waals surface area contributed by atoms with Crippen LogP contribution in [0.4, 0.5) is 0 Å². The minimum Gasteiger partial charge on any atom is -0.342 e. The van der Waals surface area contributed by atoms with Gasteiger partial charge >= 0.3 is 0 Å². The normalized spacial score (nSPS) is 24.7. The number of fused-ring (bicyclic) bond motifs is 1. The van der Waals surface area contributed by atoms with Crippen LogP contribution in [0.15, 0.2) is 43.0 Å². The SMILES string of the molecule is CC(=O)N1C[C@H]2CN(C(=O)CCn3cncn3)C[C@H]2[C@@H]1c1ccccc1. The first-order valence-corrected chi connectivity index (χ1v) is 9.06. The van der Waals surface area contributed by atoms with Crippen LogP contribution in [0.2, 0.25) is 0 Å². The number of amides is 2. The van der Waals surface area contributed by atoms with Crippen LogP contribution in [0.5, 0.6) is 0 Å². The van der Waals surface area contributed by atoms with Crippen molar-refractivity contribution in [2.45, 2.75) is 25.9 Å². The van der Waals surface area contributed by atoms with Gasteiger partial charge in [-0.1, -0.05) is 30.3 Å². The molecule has 7 heteroatoms. The molecule has 3 atom stereocenters. The molecule has 0 bridgehead atoms. The maximum absolute atomic E-state index is 12.6. The lowest BCUT2D eigenvalue weighted by molar-refractivity contribution is -0.132. The topological polar surface area (TPSA) is 71.3 Å². The summed E-state index contributed by atoms with van der Waals surface area (Å²) in [6.07, 6.45) is 3.53. The maximum atomic E-state index is 12.6. The molecular formula is C19H23N5O2. The molecule has 2 amide bonds. The Morgan fingerprint density at radius 3 is 2.65 bits per heavy atom. The van der Waals surface area contributed by atoms with E-state index in [-0.39, 0.29) is 17.9 Å². The average Bonchev–Trinajstić information content (AvgIpc) is 3.35. The largest absolute Gasteiger partial charge is 0.342 e. The number of hydrogen-bond acceptors (Lipinski definition) is 4. The van der Waals surface area contributed by atoms with Gasteiger partial charge in [-0.15, -0.1) is 0 Å². The fourth-order valence-electron chi connectivity index (χ4n) is 4.37. The average molecular weight is 353 g/mol. The van der Waals surface area contributed by atoms with Crippen molar-refractivity contribution in [1.82, 2.24) is 24.6 Å². The summed E-state index contributed by atoms with van der Waals surface area (Å²) in [6.45, 7) is 4.36. The maximum Gasteiger partial charge on any atom is 0.224 e. The molecule has 0 spiro atoms. The fraction of sp³-hybridized carbons (Fsp3) is 0.474. The summed E-state index contributed by atoms with van der Waals surface area (Å²) in [5.41, 5.74) is 1.16. The Balaban J connectivity index is 1.46. The van der Waals surface area contributed by atoms with E-state index in [1.807, 2.05) is 28.0 Å². The first-order valence-electron chi connectivity index (χ1n) is 9.06. The van der Waals surface area contributed by atoms with E-state index in [9.17, 15) is 9.59 Å². The Morgan fingerprint density at radius 2 is 1.96 bits per heavy atom. The molecule has 7 nitrogen and oxygen atoms in total. The molecule has 2 aliphatic heterocycles. The van der Waals surface area contributed by atoms with Gasteiger partial charge in [0.25, 0.3) is 0 Å². The minimum atomic E-state index is 0.0619. The van der Waals surface area contributed by atoms with Crippen molar-refractivity contribution < 1.29 is 9.59 Å². The van der Waals surface area contributed by atoms with Gasteiger partial charge in [0.05, 0.1) is 12.6 Å². The van der Waals surface area contributed by atoms with Crippen LogP contribution < -0.4 is 0 Å². The highest BCUT2D eigenvalue weighted by atomic mass is 16.2. The number of hydrogen-bond donors (Lipinski definition) is 0. The quantitative estimate of drug-likeness (QED) is 0.832. The number of carbonyl (C=O) groups excluding carboxylic acids is 2. The lowest BCUT2D eigenvalue weighted by Gasteiger charge is -2.29. The van der Waals surface area contributed by atoms with Crippen LogP contribution >= 0.6 is 0 Å². The van der Waals surface area contributed by atoms with E-state index < -0.39 is 0 Å². The second kappa shape index (κ2) is 6.90. The van der Waals surface area contributed by atoms with Crippen molar-refractivity contribution >= 4 is 11.8 Å². The number of likely N-dealkylation sites (tertiary alicyclic amines) is 2. The lowest BCUT2D eigenvalue weighted by atomic mass is 9.89. The summed E-state index contributed by atoms with van der Waals surface area (Å²) in [5.74, 6) is 0.907. The van der Waals surface area contributed by atoms with E-state index in [1.54, 1.807) is 17.9 Å². The summed E-state index contributed by atoms with van der Waals surface area (Å²) >= 11 is 0. The molecule has 136 valence electrons. The number of nitrogens with zero attached hydrogens (tertiary/aromatic N) is 5. The zero-order valence-corrected chi connectivity index (χ0v) is 14.9. The minimum absolute atomic E-state index is 0.0619. The van der Waals surface area contributed by atoms with E-state index in [0.29, 0.717) is 31.3 Å². The number of aromatic nitrogens is 3. The van der Waals surface area contributed by atoms with E-state index in [1.165, 1.54) is 6.33 Å². The molecule has 3 heterocycles. The van der Waals surface area contributed by atoms with Gasteiger partial charge in [-0.25, -0.2) is 4.98 Å². The molecule has 0 saturated carbocycles. The van der Waals surface area contributed by atoms with E-state index in [2.05, 4.69) is 22.2 Å². The summed E-state index contributed by atoms with van der Waals surface area (Å²) in [6, 6.07) is 10.2. The summed E-state index contributed by atoms with van der Waals surface area (Å²) < 4.78 is 1.68. The van der Waals surface area contributed by atoms with Gasteiger partial charge in [-0.2, -0.15) is 5.10 Å². The zero-order valence-electron chi connectivity index (χ0n) is 14.9. The summed E-state index contributed by atoms with van der Waals surface area (Å²) in [5, 5.41) is 4.04. The zero-order chi connectivity index (χ0) is 18.1. The van der Waals surface area contributed by atoms with E-state index >= 15 is 0 Å². The van der Waals surface area contributed by atoms with Crippen molar-refractivity contribution in [3.63, 3.8) is 0 Å². The Bertz CT molecular complexity index is 776. The van der Waals surface area contributed by atoms with Gasteiger partial charge in [0.2, 0.25) is 11.8 Å². The van der Waals surface area contributed by atoms with Crippen molar-refractivity contribution in [1.29, 1.82) is 0 Å². The molecule has 0 aliphatic carbocycles. The molecule has 0 N–H and O–H groups in total. The third-order valence-corrected chi connectivity index (χ3v) is 5.58. The molecule has 1 aromatic heterocycles. The van der Waals surface area contributed by atoms with Gasteiger partial charge < -0.3 is 9.80 Å². The summed E-state index contributed by atoms with van der Waals surface area (Å²) in [4.78, 5) is 32.6. The third-order valence-electron chi connectivity index (χ3n) is 5.58. The molecule has 1 aromatic carbocycles. The van der Waals surface area contributed by atoms with Crippen LogP contribution in [0.1, 0.15) is 24.9 Å². The van der Waals surface area contributed by atoms with E-state index in [4.69, 9.17) is 0 Å². The van der Waals surface area contributed by atoms with Gasteiger partial charge in [-0.05, 0) is 5.56 Å². The van der Waals surface area contributed by atoms with Crippen LogP contribution in [-0.4, -0.2) is 56.0 Å². The second-order valence-electron chi connectivity index (χ2n) is 7.16. The third kappa shape index (κ3) is 3.09. The molecule has 0 radical (unpaired) electrons. The van der Waals surface area contributed by atoms with Crippen molar-refractivity contribution in [2.75, 3.05) is 19.6 Å². The molecule has 2 saturated heterocycles. The number of rotatable bonds is 4. The van der Waals surface area contributed by atoms with Crippen LogP contribution in [0.25, 0.3) is 0 Å². The molecule has 2 aromatic rings. The molecule has 26 heavy (non-hydrogen) atoms. The van der Waals surface area contributed by atoms with Gasteiger partial charge in [0, 0.05) is 44.8 Å². The predicted molar refractivity (Wildman–Crippen MR) is 94.8 cm³/mol. The van der Waals surface area contributed by atoms with Crippen LogP contribution in [0.3, 0.4) is 0 Å². The predicted octanol–water partition coefficient (Wildman–Crippen LogP) is 1.35. The summed E-state index contributed by atoms with van der Waals surface area (Å²) in [7, 11) is 0. The highest BCUT2D eigenvalue weighted by molar-refractivity contribution is 5.77. The number of aryl methyl sites for hydroxylation is 1. The molecule has 0 unspecified atom stereocenters. The highest BCUT2D eigenvalue weighted by Crippen LogP contribution is 2.45. The van der Waals surface area contributed by atoms with E-state index in [0.717, 1.165) is 18.7 Å². The molecular weight excluding hydrogens is 330 g/mol. The monoisotopic (exact) mass is 353 g/mol. The molecule has 2 fully saturated rings. The van der Waals surface area contributed by atoms with Crippen molar-refractivity contribution in [3.8, 4) is 0 Å². The van der Waals surface area contributed by atoms with Gasteiger partial charge in [-0.3, -0.25) is 14.3 Å². The Hall–Kier alpha value is -2.70. The number of carbonyl (C=O) groups is 2. The Kier molecular flexibility index (Phi) is 4.44. The Labute approximate surface area is 152 Å². The molecule has 4 rings (SSSR count). The lowest BCUT2D eigenvalue weighted by Crippen LogP contribution is -2.36. The first-order chi connectivity index (χ1) is 12.6.